The topological polar surface area (TPSA) is 42.0 Å². The number of fused-ring (bicyclic) bond motifs is 1. The van der Waals surface area contributed by atoms with Gasteiger partial charge >= 0.3 is 0 Å². The minimum Gasteiger partial charge on any atom is -0.324 e. The number of hydrogen-bond acceptors (Lipinski definition) is 2. The van der Waals surface area contributed by atoms with E-state index in [9.17, 15) is 4.79 Å². The van der Waals surface area contributed by atoms with Crippen LogP contribution in [0.5, 0.6) is 0 Å². The van der Waals surface area contributed by atoms with Crippen LogP contribution in [-0.2, 0) is 4.79 Å². The summed E-state index contributed by atoms with van der Waals surface area (Å²) in [4.78, 5) is 17.0. The molecule has 0 saturated heterocycles. The molecule has 2 aromatic rings. The highest BCUT2D eigenvalue weighted by molar-refractivity contribution is 14.1. The van der Waals surface area contributed by atoms with Gasteiger partial charge in [-0.15, -0.1) is 5.54 Å². The summed E-state index contributed by atoms with van der Waals surface area (Å²) in [5.41, 5.74) is 7.09. The molecule has 5 heteroatoms. The first-order valence-electron chi connectivity index (χ1n) is 9.98. The number of nitrogens with one attached hydrogen (secondary N) is 1. The first kappa shape index (κ1) is 22.9. The number of para-hydroxylation sites is 1. The molecular formula is C23H31IN2OSi. The Hall–Kier alpha value is -1.39. The van der Waals surface area contributed by atoms with Gasteiger partial charge in [0.25, 0.3) is 0 Å². The molecule has 0 spiro atoms. The zero-order valence-corrected chi connectivity index (χ0v) is 20.9. The maximum Gasteiger partial charge on any atom is 0.226 e. The molecule has 2 rings (SSSR count). The number of pyridine rings is 1. The van der Waals surface area contributed by atoms with Crippen molar-refractivity contribution >= 4 is 53.2 Å². The van der Waals surface area contributed by atoms with E-state index in [1.807, 2.05) is 30.3 Å². The van der Waals surface area contributed by atoms with Gasteiger partial charge in [0, 0.05) is 18.0 Å². The van der Waals surface area contributed by atoms with Gasteiger partial charge in [0.15, 0.2) is 0 Å². The lowest BCUT2D eigenvalue weighted by atomic mass is 10.2. The van der Waals surface area contributed by atoms with Crippen LogP contribution in [0.25, 0.3) is 10.9 Å². The highest BCUT2D eigenvalue weighted by atomic mass is 127. The number of hydrogen-bond donors (Lipinski definition) is 1. The number of alkyl halides is 1. The van der Waals surface area contributed by atoms with E-state index >= 15 is 0 Å². The second kappa shape index (κ2) is 9.88. The van der Waals surface area contributed by atoms with Gasteiger partial charge in [-0.3, -0.25) is 9.78 Å². The average molecular weight is 507 g/mol. The molecule has 1 amide bonds. The van der Waals surface area contributed by atoms with Crippen molar-refractivity contribution in [1.29, 1.82) is 0 Å². The zero-order chi connectivity index (χ0) is 20.9. The number of carbonyl (C=O) groups excluding carboxylic acids is 1. The Morgan fingerprint density at radius 1 is 1.07 bits per heavy atom. The van der Waals surface area contributed by atoms with Crippen molar-refractivity contribution in [3.8, 4) is 11.5 Å². The van der Waals surface area contributed by atoms with Gasteiger partial charge in [-0.25, -0.2) is 0 Å². The molecule has 1 aromatic heterocycles. The predicted octanol–water partition coefficient (Wildman–Crippen LogP) is 6.59. The smallest absolute Gasteiger partial charge is 0.226 e. The lowest BCUT2D eigenvalue weighted by Gasteiger charge is -2.38. The average Bonchev–Trinajstić information content (AvgIpc) is 2.61. The monoisotopic (exact) mass is 506 g/mol. The highest BCUT2D eigenvalue weighted by Crippen LogP contribution is 2.40. The van der Waals surface area contributed by atoms with Gasteiger partial charge in [0.2, 0.25) is 5.91 Å². The molecule has 0 saturated carbocycles. The second-order valence-electron chi connectivity index (χ2n) is 8.27. The van der Waals surface area contributed by atoms with E-state index in [1.165, 1.54) is 0 Å². The van der Waals surface area contributed by atoms with E-state index in [-0.39, 0.29) is 9.83 Å². The quantitative estimate of drug-likeness (QED) is 0.208. The summed E-state index contributed by atoms with van der Waals surface area (Å²) in [6.45, 7) is 13.9. The first-order valence-corrected chi connectivity index (χ1v) is 13.5. The maximum absolute atomic E-state index is 12.6. The number of rotatable bonds is 6. The van der Waals surface area contributed by atoms with Crippen molar-refractivity contribution in [2.24, 2.45) is 0 Å². The van der Waals surface area contributed by atoms with E-state index in [0.29, 0.717) is 23.0 Å². The summed E-state index contributed by atoms with van der Waals surface area (Å²) >= 11 is 2.30. The fourth-order valence-corrected chi connectivity index (χ4v) is 10.4. The molecule has 3 nitrogen and oxygen atoms in total. The van der Waals surface area contributed by atoms with Crippen molar-refractivity contribution in [1.82, 2.24) is 4.98 Å². The number of benzene rings is 1. The molecule has 1 heterocycles. The minimum absolute atomic E-state index is 0.00339. The van der Waals surface area contributed by atoms with Gasteiger partial charge in [0.1, 0.15) is 8.07 Å². The van der Waals surface area contributed by atoms with E-state index in [0.717, 1.165) is 16.6 Å². The van der Waals surface area contributed by atoms with E-state index in [2.05, 4.69) is 85.9 Å². The van der Waals surface area contributed by atoms with Crippen molar-refractivity contribution < 1.29 is 4.79 Å². The molecule has 1 unspecified atom stereocenters. The summed E-state index contributed by atoms with van der Waals surface area (Å²) < 4.78 is 0.00339. The zero-order valence-electron chi connectivity index (χ0n) is 17.7. The minimum atomic E-state index is -1.76. The Morgan fingerprint density at radius 3 is 2.29 bits per heavy atom. The number of nitrogens with zero attached hydrogens (tertiary/aromatic N) is 1. The van der Waals surface area contributed by atoms with E-state index in [4.69, 9.17) is 0 Å². The normalized spacial score (nSPS) is 12.9. The van der Waals surface area contributed by atoms with Gasteiger partial charge in [-0.2, -0.15) is 0 Å². The number of anilines is 1. The van der Waals surface area contributed by atoms with Crippen LogP contribution in [0.1, 0.15) is 48.0 Å². The van der Waals surface area contributed by atoms with Gasteiger partial charge in [-0.05, 0) is 28.8 Å². The lowest BCUT2D eigenvalue weighted by Crippen LogP contribution is -2.43. The SMILES string of the molecule is CC(C)[Si](C#CC(I)CC(=O)Nc1cccc2cccnc12)(C(C)C)C(C)C. The molecule has 0 aliphatic rings. The number of halogens is 1. The fraction of sp³-hybridized carbons (Fsp3) is 0.478. The van der Waals surface area contributed by atoms with Crippen LogP contribution in [0, 0.1) is 11.5 Å². The Kier molecular flexibility index (Phi) is 8.08. The standard InChI is InChI=1S/C23H31IN2OSi/c1-16(2)28(17(3)4,18(5)6)14-12-20(24)15-22(27)26-21-11-7-9-19-10-8-13-25-23(19)21/h7-11,13,16-18,20H,15H2,1-6H3,(H,26,27). The predicted molar refractivity (Wildman–Crippen MR) is 132 cm³/mol. The first-order chi connectivity index (χ1) is 13.2. The van der Waals surface area contributed by atoms with Crippen molar-refractivity contribution in [2.75, 3.05) is 5.32 Å². The molecule has 0 aliphatic heterocycles. The third-order valence-corrected chi connectivity index (χ3v) is 12.6. The molecule has 0 bridgehead atoms. The van der Waals surface area contributed by atoms with Crippen LogP contribution in [0.15, 0.2) is 36.5 Å². The fourth-order valence-electron chi connectivity index (χ4n) is 4.26. The Morgan fingerprint density at radius 2 is 1.68 bits per heavy atom. The van der Waals surface area contributed by atoms with Crippen molar-refractivity contribution in [2.45, 2.75) is 68.5 Å². The summed E-state index contributed by atoms with van der Waals surface area (Å²) in [5.74, 6) is 3.43. The van der Waals surface area contributed by atoms with Crippen LogP contribution < -0.4 is 5.32 Å². The van der Waals surface area contributed by atoms with Gasteiger partial charge in [0.05, 0.1) is 15.1 Å². The lowest BCUT2D eigenvalue weighted by molar-refractivity contribution is -0.115. The van der Waals surface area contributed by atoms with Crippen molar-refractivity contribution in [3.63, 3.8) is 0 Å². The number of amides is 1. The number of carbonyl (C=O) groups is 1. The molecule has 1 aromatic carbocycles. The summed E-state index contributed by atoms with van der Waals surface area (Å²) in [5, 5.41) is 4.04. The molecule has 150 valence electrons. The van der Waals surface area contributed by atoms with Crippen LogP contribution in [0.4, 0.5) is 5.69 Å². The maximum atomic E-state index is 12.6. The summed E-state index contributed by atoms with van der Waals surface area (Å²) in [6, 6.07) is 9.74. The van der Waals surface area contributed by atoms with E-state index in [1.54, 1.807) is 6.20 Å². The Balaban J connectivity index is 2.14. The highest BCUT2D eigenvalue weighted by Gasteiger charge is 2.41. The molecule has 1 N–H and O–H groups in total. The number of aromatic nitrogens is 1. The molecule has 0 radical (unpaired) electrons. The molecule has 1 atom stereocenters. The summed E-state index contributed by atoms with van der Waals surface area (Å²) in [6.07, 6.45) is 2.13. The second-order valence-corrected chi connectivity index (χ2v) is 15.4. The van der Waals surface area contributed by atoms with Crippen LogP contribution in [0.2, 0.25) is 16.6 Å². The van der Waals surface area contributed by atoms with Gasteiger partial charge < -0.3 is 5.32 Å². The Labute approximate surface area is 184 Å². The van der Waals surface area contributed by atoms with Crippen molar-refractivity contribution in [3.05, 3.63) is 36.5 Å². The third kappa shape index (κ3) is 5.15. The Bertz CT molecular complexity index is 856. The third-order valence-electron chi connectivity index (χ3n) is 5.58. The molecule has 0 aliphatic carbocycles. The largest absolute Gasteiger partial charge is 0.324 e. The van der Waals surface area contributed by atoms with Crippen LogP contribution in [-0.4, -0.2) is 22.9 Å². The molecule has 0 fully saturated rings. The molecule has 28 heavy (non-hydrogen) atoms. The summed E-state index contributed by atoms with van der Waals surface area (Å²) in [7, 11) is -1.76. The van der Waals surface area contributed by atoms with Gasteiger partial charge in [-0.1, -0.05) is 88.3 Å². The van der Waals surface area contributed by atoms with Crippen LogP contribution >= 0.6 is 22.6 Å². The molecular weight excluding hydrogens is 475 g/mol. The van der Waals surface area contributed by atoms with Crippen LogP contribution in [0.3, 0.4) is 0 Å². The van der Waals surface area contributed by atoms with E-state index < -0.39 is 8.07 Å².